The number of hydrogen-bond donors (Lipinski definition) is 0. The Labute approximate surface area is 193 Å². The highest BCUT2D eigenvalue weighted by Crippen LogP contribution is 2.28. The lowest BCUT2D eigenvalue weighted by molar-refractivity contribution is -0.128. The number of nitrogens with zero attached hydrogens (tertiary/aromatic N) is 5. The van der Waals surface area contributed by atoms with Crippen molar-refractivity contribution in [2.75, 3.05) is 18.8 Å². The average Bonchev–Trinajstić information content (AvgIpc) is 3.10. The molecule has 1 amide bonds. The van der Waals surface area contributed by atoms with Crippen molar-refractivity contribution < 1.29 is 4.79 Å². The standard InChI is InChI=1S/C25H29N5OS/c1-4-13-29(14-5-2)22(31)17-32-25-26-24-23(27-28-25)20-11-6-7-12-21(20)30(24)16-19-10-8-9-18(3)15-19/h6-12,15H,4-5,13-14,16-17H2,1-3H3. The van der Waals surface area contributed by atoms with Crippen LogP contribution in [0.5, 0.6) is 0 Å². The number of para-hydroxylation sites is 1. The summed E-state index contributed by atoms with van der Waals surface area (Å²) in [6.07, 6.45) is 1.92. The van der Waals surface area contributed by atoms with Crippen LogP contribution < -0.4 is 0 Å². The van der Waals surface area contributed by atoms with Crippen LogP contribution in [0.3, 0.4) is 0 Å². The van der Waals surface area contributed by atoms with Gasteiger partial charge in [-0.05, 0) is 31.4 Å². The van der Waals surface area contributed by atoms with Gasteiger partial charge in [0.15, 0.2) is 5.65 Å². The van der Waals surface area contributed by atoms with Crippen LogP contribution in [0.15, 0.2) is 53.7 Å². The normalized spacial score (nSPS) is 11.3. The van der Waals surface area contributed by atoms with Crippen LogP contribution in [0.25, 0.3) is 22.1 Å². The fraction of sp³-hybridized carbons (Fsp3) is 0.360. The molecule has 0 spiro atoms. The Kier molecular flexibility index (Phi) is 7.05. The number of amides is 1. The third kappa shape index (κ3) is 4.78. The van der Waals surface area contributed by atoms with Gasteiger partial charge in [0.1, 0.15) is 5.52 Å². The largest absolute Gasteiger partial charge is 0.342 e. The molecule has 0 fully saturated rings. The van der Waals surface area contributed by atoms with Gasteiger partial charge in [-0.2, -0.15) is 0 Å². The molecule has 7 heteroatoms. The summed E-state index contributed by atoms with van der Waals surface area (Å²) in [5.74, 6) is 0.452. The molecule has 166 valence electrons. The van der Waals surface area contributed by atoms with Crippen molar-refractivity contribution in [2.24, 2.45) is 0 Å². The van der Waals surface area contributed by atoms with Gasteiger partial charge in [-0.25, -0.2) is 4.98 Å². The molecule has 2 aromatic heterocycles. The fourth-order valence-corrected chi connectivity index (χ4v) is 4.71. The lowest BCUT2D eigenvalue weighted by Crippen LogP contribution is -2.33. The highest BCUT2D eigenvalue weighted by molar-refractivity contribution is 7.99. The highest BCUT2D eigenvalue weighted by atomic mass is 32.2. The predicted octanol–water partition coefficient (Wildman–Crippen LogP) is 5.08. The molecule has 32 heavy (non-hydrogen) atoms. The Morgan fingerprint density at radius 2 is 1.81 bits per heavy atom. The molecule has 0 aliphatic rings. The molecule has 2 aromatic carbocycles. The van der Waals surface area contributed by atoms with Crippen LogP contribution in [0.1, 0.15) is 37.8 Å². The van der Waals surface area contributed by atoms with E-state index < -0.39 is 0 Å². The zero-order valence-corrected chi connectivity index (χ0v) is 19.7. The first-order chi connectivity index (χ1) is 15.6. The minimum Gasteiger partial charge on any atom is -0.342 e. The minimum atomic E-state index is 0.128. The maximum absolute atomic E-state index is 12.7. The topological polar surface area (TPSA) is 63.9 Å². The van der Waals surface area contributed by atoms with E-state index in [1.165, 1.54) is 22.9 Å². The molecule has 0 bridgehead atoms. The minimum absolute atomic E-state index is 0.128. The highest BCUT2D eigenvalue weighted by Gasteiger charge is 2.17. The summed E-state index contributed by atoms with van der Waals surface area (Å²) in [5.41, 5.74) is 5.13. The summed E-state index contributed by atoms with van der Waals surface area (Å²) in [6, 6.07) is 16.7. The van der Waals surface area contributed by atoms with Gasteiger partial charge in [-0.15, -0.1) is 10.2 Å². The number of fused-ring (bicyclic) bond motifs is 3. The average molecular weight is 448 g/mol. The Balaban J connectivity index is 1.65. The quantitative estimate of drug-likeness (QED) is 0.335. The molecule has 0 atom stereocenters. The van der Waals surface area contributed by atoms with Gasteiger partial charge in [0.25, 0.3) is 0 Å². The third-order valence-corrected chi connectivity index (χ3v) is 6.26. The van der Waals surface area contributed by atoms with E-state index in [0.717, 1.165) is 48.0 Å². The summed E-state index contributed by atoms with van der Waals surface area (Å²) in [7, 11) is 0. The summed E-state index contributed by atoms with van der Waals surface area (Å²) >= 11 is 1.36. The van der Waals surface area contributed by atoms with Crippen molar-refractivity contribution in [3.8, 4) is 0 Å². The van der Waals surface area contributed by atoms with E-state index in [4.69, 9.17) is 4.98 Å². The molecular formula is C25H29N5OS. The Morgan fingerprint density at radius 3 is 2.56 bits per heavy atom. The SMILES string of the molecule is CCCN(CCC)C(=O)CSc1nnc2c3ccccc3n(Cc3cccc(C)c3)c2n1. The first-order valence-electron chi connectivity index (χ1n) is 11.2. The van der Waals surface area contributed by atoms with Gasteiger partial charge in [0.05, 0.1) is 11.3 Å². The molecule has 0 radical (unpaired) electrons. The number of rotatable bonds is 9. The molecule has 4 aromatic rings. The summed E-state index contributed by atoms with van der Waals surface area (Å²) < 4.78 is 2.19. The van der Waals surface area contributed by atoms with Crippen molar-refractivity contribution in [1.29, 1.82) is 0 Å². The second kappa shape index (κ2) is 10.1. The van der Waals surface area contributed by atoms with E-state index in [-0.39, 0.29) is 5.91 Å². The lowest BCUT2D eigenvalue weighted by atomic mass is 10.1. The fourth-order valence-electron chi connectivity index (χ4n) is 4.02. The van der Waals surface area contributed by atoms with E-state index in [1.54, 1.807) is 0 Å². The molecular weight excluding hydrogens is 418 g/mol. The van der Waals surface area contributed by atoms with E-state index in [1.807, 2.05) is 17.0 Å². The Morgan fingerprint density at radius 1 is 1.03 bits per heavy atom. The Hall–Kier alpha value is -2.93. The summed E-state index contributed by atoms with van der Waals surface area (Å²) in [4.78, 5) is 19.4. The van der Waals surface area contributed by atoms with Gasteiger partial charge in [-0.3, -0.25) is 4.79 Å². The maximum Gasteiger partial charge on any atom is 0.233 e. The molecule has 0 aliphatic heterocycles. The van der Waals surface area contributed by atoms with Gasteiger partial charge in [0.2, 0.25) is 11.1 Å². The van der Waals surface area contributed by atoms with E-state index >= 15 is 0 Å². The van der Waals surface area contributed by atoms with Crippen molar-refractivity contribution in [3.63, 3.8) is 0 Å². The first kappa shape index (κ1) is 22.3. The molecule has 0 aliphatic carbocycles. The lowest BCUT2D eigenvalue weighted by Gasteiger charge is -2.20. The van der Waals surface area contributed by atoms with Crippen molar-refractivity contribution >= 4 is 39.7 Å². The second-order valence-corrected chi connectivity index (χ2v) is 8.97. The van der Waals surface area contributed by atoms with E-state index in [9.17, 15) is 4.79 Å². The molecule has 6 nitrogen and oxygen atoms in total. The van der Waals surface area contributed by atoms with E-state index in [0.29, 0.717) is 17.5 Å². The van der Waals surface area contributed by atoms with Crippen LogP contribution >= 0.6 is 11.8 Å². The number of carbonyl (C=O) groups excluding carboxylic acids is 1. The van der Waals surface area contributed by atoms with Crippen LogP contribution in [-0.4, -0.2) is 49.4 Å². The van der Waals surface area contributed by atoms with Gasteiger partial charge >= 0.3 is 0 Å². The summed E-state index contributed by atoms with van der Waals surface area (Å²) in [5, 5.41) is 10.4. The van der Waals surface area contributed by atoms with Crippen molar-refractivity contribution in [1.82, 2.24) is 24.6 Å². The number of carbonyl (C=O) groups is 1. The molecule has 0 unspecified atom stereocenters. The second-order valence-electron chi connectivity index (χ2n) is 8.03. The number of aromatic nitrogens is 4. The molecule has 0 saturated heterocycles. The molecule has 0 N–H and O–H groups in total. The smallest absolute Gasteiger partial charge is 0.233 e. The van der Waals surface area contributed by atoms with Crippen LogP contribution in [0.2, 0.25) is 0 Å². The van der Waals surface area contributed by atoms with Crippen molar-refractivity contribution in [3.05, 3.63) is 59.7 Å². The van der Waals surface area contributed by atoms with Crippen molar-refractivity contribution in [2.45, 2.75) is 45.3 Å². The Bertz CT molecular complexity index is 1230. The first-order valence-corrected chi connectivity index (χ1v) is 12.2. The summed E-state index contributed by atoms with van der Waals surface area (Å²) in [6.45, 7) is 8.57. The predicted molar refractivity (Wildman–Crippen MR) is 131 cm³/mol. The van der Waals surface area contributed by atoms with Gasteiger partial charge in [-0.1, -0.05) is 73.6 Å². The van der Waals surface area contributed by atoms with Crippen LogP contribution in [0.4, 0.5) is 0 Å². The number of thioether (sulfide) groups is 1. The zero-order chi connectivity index (χ0) is 22.5. The van der Waals surface area contributed by atoms with Gasteiger partial charge < -0.3 is 9.47 Å². The maximum atomic E-state index is 12.7. The monoisotopic (exact) mass is 447 g/mol. The van der Waals surface area contributed by atoms with Crippen LogP contribution in [-0.2, 0) is 11.3 Å². The number of aryl methyl sites for hydroxylation is 1. The number of benzene rings is 2. The molecule has 2 heterocycles. The zero-order valence-electron chi connectivity index (χ0n) is 18.9. The number of hydrogen-bond acceptors (Lipinski definition) is 5. The third-order valence-electron chi connectivity index (χ3n) is 5.44. The van der Waals surface area contributed by atoms with Gasteiger partial charge in [0, 0.05) is 25.0 Å². The van der Waals surface area contributed by atoms with Crippen LogP contribution in [0, 0.1) is 6.92 Å². The molecule has 0 saturated carbocycles. The molecule has 4 rings (SSSR count). The van der Waals surface area contributed by atoms with E-state index in [2.05, 4.69) is 71.9 Å².